The van der Waals surface area contributed by atoms with E-state index in [1.54, 1.807) is 0 Å². The first kappa shape index (κ1) is 24.8. The fourth-order valence-electron chi connectivity index (χ4n) is 2.26. The Morgan fingerprint density at radius 3 is 2.58 bits per heavy atom. The van der Waals surface area contributed by atoms with Crippen LogP contribution in [0.15, 0.2) is 29.4 Å². The zero-order chi connectivity index (χ0) is 22.8. The van der Waals surface area contributed by atoms with Gasteiger partial charge in [0.15, 0.2) is 11.6 Å². The predicted molar refractivity (Wildman–Crippen MR) is 115 cm³/mol. The summed E-state index contributed by atoms with van der Waals surface area (Å²) in [4.78, 5) is 22.1. The number of benzene rings is 2. The molecule has 0 aliphatic rings. The van der Waals surface area contributed by atoms with Crippen molar-refractivity contribution in [3.63, 3.8) is 0 Å². The number of carbonyl (C=O) groups is 1. The summed E-state index contributed by atoms with van der Waals surface area (Å²) in [5, 5.41) is 23.2. The zero-order valence-electron chi connectivity index (χ0n) is 16.0. The number of rotatable bonds is 11. The van der Waals surface area contributed by atoms with Gasteiger partial charge in [0.25, 0.3) is 5.91 Å². The van der Waals surface area contributed by atoms with E-state index >= 15 is 0 Å². The number of hydroxylamine groups is 1. The Labute approximate surface area is 189 Å². The maximum absolute atomic E-state index is 14.8. The second-order valence-corrected chi connectivity index (χ2v) is 7.16. The van der Waals surface area contributed by atoms with Crippen molar-refractivity contribution in [2.75, 3.05) is 31.7 Å². The van der Waals surface area contributed by atoms with Gasteiger partial charge in [0.1, 0.15) is 12.4 Å². The summed E-state index contributed by atoms with van der Waals surface area (Å²) in [7, 11) is 0. The lowest BCUT2D eigenvalue weighted by Crippen LogP contribution is -2.26. The Balaban J connectivity index is 2.43. The second kappa shape index (κ2) is 12.4. The van der Waals surface area contributed by atoms with E-state index in [1.165, 1.54) is 18.2 Å². The maximum atomic E-state index is 14.8. The first-order valence-corrected chi connectivity index (χ1v) is 10.00. The summed E-state index contributed by atoms with van der Waals surface area (Å²) in [6.07, 6.45) is 1.06. The molecule has 0 heterocycles. The molecule has 0 saturated carbocycles. The highest BCUT2D eigenvalue weighted by Gasteiger charge is 2.23. The van der Waals surface area contributed by atoms with E-state index in [4.69, 9.17) is 15.1 Å². The minimum Gasteiger partial charge on any atom is -0.396 e. The molecule has 12 heteroatoms. The van der Waals surface area contributed by atoms with Gasteiger partial charge in [0.2, 0.25) is 0 Å². The molecule has 8 nitrogen and oxygen atoms in total. The molecule has 4 N–H and O–H groups in total. The minimum absolute atomic E-state index is 0.0241. The Bertz CT molecular complexity index is 946. The molecule has 2 aromatic carbocycles. The van der Waals surface area contributed by atoms with Gasteiger partial charge >= 0.3 is 0 Å². The molecular weight excluding hydrogens is 534 g/mol. The molecule has 1 amide bonds. The van der Waals surface area contributed by atoms with Gasteiger partial charge in [-0.3, -0.25) is 9.63 Å². The van der Waals surface area contributed by atoms with Crippen LogP contribution in [0.2, 0.25) is 0 Å². The number of halogens is 4. The normalized spacial score (nSPS) is 11.0. The number of nitrogens with zero attached hydrogens (tertiary/aromatic N) is 1. The number of aliphatic hydroxyl groups excluding tert-OH is 2. The number of amides is 1. The Morgan fingerprint density at radius 2 is 1.90 bits per heavy atom. The van der Waals surface area contributed by atoms with Crippen molar-refractivity contribution in [3.05, 3.63) is 56.4 Å². The van der Waals surface area contributed by atoms with Crippen molar-refractivity contribution in [3.8, 4) is 0 Å². The van der Waals surface area contributed by atoms with Crippen LogP contribution in [0.1, 0.15) is 22.3 Å². The van der Waals surface area contributed by atoms with Crippen molar-refractivity contribution in [2.24, 2.45) is 5.16 Å². The summed E-state index contributed by atoms with van der Waals surface area (Å²) in [6.45, 7) is -0.700. The summed E-state index contributed by atoms with van der Waals surface area (Å²) in [6, 6.07) is 5.00. The monoisotopic (exact) mass is 553 g/mol. The first-order valence-electron chi connectivity index (χ1n) is 8.92. The summed E-state index contributed by atoms with van der Waals surface area (Å²) in [5.41, 5.74) is 0.431. The third-order valence-corrected chi connectivity index (χ3v) is 4.36. The topological polar surface area (TPSA) is 112 Å². The van der Waals surface area contributed by atoms with Crippen LogP contribution < -0.4 is 10.8 Å². The van der Waals surface area contributed by atoms with Crippen LogP contribution in [0, 0.1) is 21.0 Å². The Kier molecular flexibility index (Phi) is 9.97. The second-order valence-electron chi connectivity index (χ2n) is 5.91. The molecule has 0 aliphatic carbocycles. The molecule has 0 aromatic heterocycles. The van der Waals surface area contributed by atoms with Gasteiger partial charge in [-0.25, -0.2) is 18.7 Å². The van der Waals surface area contributed by atoms with E-state index in [0.29, 0.717) is 3.57 Å². The molecule has 0 saturated heterocycles. The number of hydrogen-bond donors (Lipinski definition) is 4. The molecule has 2 rings (SSSR count). The molecule has 0 bridgehead atoms. The molecule has 0 atom stereocenters. The standard InChI is InChI=1S/C19H19F3IN3O5/c20-14-9-12(23)2-3-15(14)25-18-13(19(29)26-31-6-1-4-27)8-11(16(21)17(18)22)10-24-30-7-5-28/h2-3,8-10,25,27-28H,1,4-7H2,(H,26,29)/b24-10+. The van der Waals surface area contributed by atoms with Crippen LogP contribution in [0.25, 0.3) is 0 Å². The van der Waals surface area contributed by atoms with E-state index < -0.39 is 40.2 Å². The van der Waals surface area contributed by atoms with Gasteiger partial charge in [-0.1, -0.05) is 5.16 Å². The van der Waals surface area contributed by atoms with Crippen LogP contribution in [0.3, 0.4) is 0 Å². The van der Waals surface area contributed by atoms with Gasteiger partial charge < -0.3 is 20.4 Å². The van der Waals surface area contributed by atoms with Crippen LogP contribution in [-0.4, -0.2) is 48.8 Å². The van der Waals surface area contributed by atoms with Crippen molar-refractivity contribution in [1.29, 1.82) is 0 Å². The van der Waals surface area contributed by atoms with E-state index in [1.807, 2.05) is 22.6 Å². The fraction of sp³-hybridized carbons (Fsp3) is 0.263. The third-order valence-electron chi connectivity index (χ3n) is 3.69. The van der Waals surface area contributed by atoms with E-state index in [2.05, 4.69) is 20.8 Å². The molecule has 0 fully saturated rings. The molecule has 0 radical (unpaired) electrons. The van der Waals surface area contributed by atoms with Crippen LogP contribution in [0.4, 0.5) is 24.5 Å². The third kappa shape index (κ3) is 7.05. The van der Waals surface area contributed by atoms with Crippen LogP contribution in [0.5, 0.6) is 0 Å². The summed E-state index contributed by atoms with van der Waals surface area (Å²) >= 11 is 1.88. The minimum atomic E-state index is -1.45. The van der Waals surface area contributed by atoms with Crippen molar-refractivity contribution in [1.82, 2.24) is 5.48 Å². The molecular formula is C19H19F3IN3O5. The summed E-state index contributed by atoms with van der Waals surface area (Å²) in [5.74, 6) is -4.50. The van der Waals surface area contributed by atoms with E-state index in [9.17, 15) is 18.0 Å². The van der Waals surface area contributed by atoms with Gasteiger partial charge in [-0.15, -0.1) is 0 Å². The number of oxime groups is 1. The number of hydrogen-bond acceptors (Lipinski definition) is 7. The van der Waals surface area contributed by atoms with E-state index in [-0.39, 0.29) is 38.5 Å². The predicted octanol–water partition coefficient (Wildman–Crippen LogP) is 2.84. The van der Waals surface area contributed by atoms with Gasteiger partial charge in [-0.2, -0.15) is 0 Å². The summed E-state index contributed by atoms with van der Waals surface area (Å²) < 4.78 is 44.2. The van der Waals surface area contributed by atoms with Crippen molar-refractivity contribution in [2.45, 2.75) is 6.42 Å². The number of carbonyl (C=O) groups excluding carboxylic acids is 1. The van der Waals surface area contributed by atoms with Gasteiger partial charge in [-0.05, 0) is 53.3 Å². The fourth-order valence-corrected chi connectivity index (χ4v) is 2.72. The van der Waals surface area contributed by atoms with Crippen molar-refractivity contribution < 1.29 is 37.9 Å². The average Bonchev–Trinajstić information content (AvgIpc) is 2.74. The van der Waals surface area contributed by atoms with E-state index in [0.717, 1.165) is 12.3 Å². The maximum Gasteiger partial charge on any atom is 0.277 e. The molecule has 168 valence electrons. The SMILES string of the molecule is O=C(NOCCCO)c1cc(/C=N/OCCO)c(F)c(F)c1Nc1ccc(I)cc1F. The first-order chi connectivity index (χ1) is 14.9. The zero-order valence-corrected chi connectivity index (χ0v) is 18.2. The Hall–Kier alpha value is -2.42. The van der Waals surface area contributed by atoms with Gasteiger partial charge in [0.05, 0.1) is 36.4 Å². The largest absolute Gasteiger partial charge is 0.396 e. The average molecular weight is 553 g/mol. The number of anilines is 2. The lowest BCUT2D eigenvalue weighted by molar-refractivity contribution is 0.0262. The lowest BCUT2D eigenvalue weighted by Gasteiger charge is -2.15. The lowest BCUT2D eigenvalue weighted by atomic mass is 10.1. The molecule has 0 aliphatic heterocycles. The van der Waals surface area contributed by atoms with Gasteiger partial charge in [0, 0.05) is 15.7 Å². The highest BCUT2D eigenvalue weighted by Crippen LogP contribution is 2.30. The smallest absolute Gasteiger partial charge is 0.277 e. The highest BCUT2D eigenvalue weighted by atomic mass is 127. The molecule has 0 spiro atoms. The van der Waals surface area contributed by atoms with Crippen LogP contribution in [-0.2, 0) is 9.68 Å². The molecule has 31 heavy (non-hydrogen) atoms. The van der Waals surface area contributed by atoms with Crippen molar-refractivity contribution >= 4 is 46.1 Å². The molecule has 2 aromatic rings. The molecule has 0 unspecified atom stereocenters. The number of aliphatic hydroxyl groups is 2. The Morgan fingerprint density at radius 1 is 1.13 bits per heavy atom. The van der Waals surface area contributed by atoms with Crippen LogP contribution >= 0.6 is 22.6 Å². The quantitative estimate of drug-likeness (QED) is 0.148. The number of nitrogens with one attached hydrogen (secondary N) is 2. The highest BCUT2D eigenvalue weighted by molar-refractivity contribution is 14.1.